The van der Waals surface area contributed by atoms with Crippen molar-refractivity contribution in [2.45, 2.75) is 77.5 Å². The number of carbonyl (C=O) groups is 1. The van der Waals surface area contributed by atoms with Gasteiger partial charge < -0.3 is 9.47 Å². The van der Waals surface area contributed by atoms with E-state index in [2.05, 4.69) is 37.7 Å². The minimum absolute atomic E-state index is 0.138. The highest BCUT2D eigenvalue weighted by Gasteiger charge is 2.31. The van der Waals surface area contributed by atoms with Crippen LogP contribution in [0.5, 0.6) is 0 Å². The number of nitrogens with zero attached hydrogens (tertiary/aromatic N) is 3. The lowest BCUT2D eigenvalue weighted by Gasteiger charge is -2.33. The third-order valence-corrected chi connectivity index (χ3v) is 7.84. The van der Waals surface area contributed by atoms with E-state index >= 15 is 0 Å². The van der Waals surface area contributed by atoms with Crippen LogP contribution < -0.4 is 0 Å². The number of fused-ring (bicyclic) bond motifs is 5. The average Bonchev–Trinajstić information content (AvgIpc) is 3.09. The van der Waals surface area contributed by atoms with Crippen molar-refractivity contribution >= 4 is 49.5 Å². The number of pyridine rings is 1. The Balaban J connectivity index is 1.72. The number of rotatable bonds is 8. The molecule has 0 atom stereocenters. The van der Waals surface area contributed by atoms with Crippen LogP contribution in [0.25, 0.3) is 20.4 Å². The van der Waals surface area contributed by atoms with Crippen LogP contribution in [0.15, 0.2) is 11.4 Å². The van der Waals surface area contributed by atoms with E-state index in [1.807, 2.05) is 6.92 Å². The van der Waals surface area contributed by atoms with Crippen molar-refractivity contribution in [1.82, 2.24) is 15.0 Å². The maximum Gasteiger partial charge on any atom is 0.305 e. The summed E-state index contributed by atoms with van der Waals surface area (Å²) in [4.78, 5) is 27.0. The van der Waals surface area contributed by atoms with Crippen molar-refractivity contribution < 1.29 is 14.3 Å². The zero-order chi connectivity index (χ0) is 22.9. The van der Waals surface area contributed by atoms with Gasteiger partial charge in [-0.05, 0) is 45.1 Å². The van der Waals surface area contributed by atoms with Crippen LogP contribution in [-0.4, -0.2) is 38.9 Å². The fourth-order valence-corrected chi connectivity index (χ4v) is 6.32. The summed E-state index contributed by atoms with van der Waals surface area (Å²) in [5.74, 6) is 1.20. The molecule has 0 aromatic carbocycles. The van der Waals surface area contributed by atoms with Crippen LogP contribution >= 0.6 is 23.1 Å². The molecule has 4 rings (SSSR count). The Morgan fingerprint density at radius 3 is 2.88 bits per heavy atom. The molecule has 0 radical (unpaired) electrons. The van der Waals surface area contributed by atoms with Crippen LogP contribution in [0.1, 0.15) is 64.3 Å². The first kappa shape index (κ1) is 23.4. The van der Waals surface area contributed by atoms with Crippen LogP contribution in [0.3, 0.4) is 0 Å². The number of ether oxygens (including phenoxy) is 2. The Bertz CT molecular complexity index is 1140. The molecule has 32 heavy (non-hydrogen) atoms. The SMILES string of the molecule is CCOC(=O)CCCSc1ncnc2c1sc1nc(CC(C)C)c3c(c12)CC(C)(C)OC3. The van der Waals surface area contributed by atoms with Crippen LogP contribution in [-0.2, 0) is 33.7 Å². The lowest BCUT2D eigenvalue weighted by molar-refractivity contribution is -0.143. The van der Waals surface area contributed by atoms with Gasteiger partial charge in [0.2, 0.25) is 0 Å². The molecule has 0 fully saturated rings. The second kappa shape index (κ2) is 9.61. The summed E-state index contributed by atoms with van der Waals surface area (Å²) < 4.78 is 12.3. The minimum atomic E-state index is -0.206. The molecule has 0 saturated carbocycles. The van der Waals surface area contributed by atoms with Crippen molar-refractivity contribution in [3.63, 3.8) is 0 Å². The topological polar surface area (TPSA) is 74.2 Å². The first-order valence-corrected chi connectivity index (χ1v) is 13.1. The lowest BCUT2D eigenvalue weighted by atomic mass is 9.88. The van der Waals surface area contributed by atoms with Crippen molar-refractivity contribution in [2.24, 2.45) is 5.92 Å². The molecular weight excluding hydrogens is 442 g/mol. The molecule has 8 heteroatoms. The predicted octanol–water partition coefficient (Wildman–Crippen LogP) is 5.72. The Morgan fingerprint density at radius 2 is 2.12 bits per heavy atom. The normalized spacial score (nSPS) is 15.4. The Labute approximate surface area is 197 Å². The third kappa shape index (κ3) is 4.92. The van der Waals surface area contributed by atoms with Gasteiger partial charge in [0.25, 0.3) is 0 Å². The lowest BCUT2D eigenvalue weighted by Crippen LogP contribution is -2.33. The standard InChI is InChI=1S/C24H31N3O3S2/c1-6-29-18(28)8-7-9-31-23-21-20(25-13-26-23)19-15-11-24(4,5)30-12-16(15)17(10-14(2)3)27-22(19)32-21/h13-14H,6-12H2,1-5H3. The van der Waals surface area contributed by atoms with Crippen molar-refractivity contribution in [3.8, 4) is 0 Å². The van der Waals surface area contributed by atoms with Gasteiger partial charge >= 0.3 is 5.97 Å². The number of thiophene rings is 1. The molecule has 3 aromatic heterocycles. The molecule has 0 amide bonds. The van der Waals surface area contributed by atoms with Gasteiger partial charge in [0.1, 0.15) is 16.2 Å². The average molecular weight is 474 g/mol. The molecule has 0 aliphatic carbocycles. The predicted molar refractivity (Wildman–Crippen MR) is 130 cm³/mol. The van der Waals surface area contributed by atoms with Gasteiger partial charge in [-0.2, -0.15) is 0 Å². The van der Waals surface area contributed by atoms with E-state index in [9.17, 15) is 4.79 Å². The Hall–Kier alpha value is -1.77. The van der Waals surface area contributed by atoms with Gasteiger partial charge in [0.05, 0.1) is 29.0 Å². The van der Waals surface area contributed by atoms with Gasteiger partial charge in [-0.25, -0.2) is 15.0 Å². The quantitative estimate of drug-likeness (QED) is 0.179. The number of esters is 1. The number of hydrogen-bond donors (Lipinski definition) is 0. The van der Waals surface area contributed by atoms with Gasteiger partial charge in [-0.1, -0.05) is 13.8 Å². The first-order chi connectivity index (χ1) is 15.3. The summed E-state index contributed by atoms with van der Waals surface area (Å²) >= 11 is 3.36. The Kier molecular flexibility index (Phi) is 7.03. The summed E-state index contributed by atoms with van der Waals surface area (Å²) in [7, 11) is 0. The zero-order valence-electron chi connectivity index (χ0n) is 19.5. The minimum Gasteiger partial charge on any atom is -0.466 e. The summed E-state index contributed by atoms with van der Waals surface area (Å²) in [6.45, 7) is 11.6. The maximum atomic E-state index is 11.6. The summed E-state index contributed by atoms with van der Waals surface area (Å²) in [5.41, 5.74) is 4.52. The van der Waals surface area contributed by atoms with Gasteiger partial charge in [-0.3, -0.25) is 4.79 Å². The summed E-state index contributed by atoms with van der Waals surface area (Å²) in [6.07, 6.45) is 4.64. The van der Waals surface area contributed by atoms with Crippen molar-refractivity contribution in [1.29, 1.82) is 0 Å². The molecule has 0 unspecified atom stereocenters. The highest BCUT2D eigenvalue weighted by atomic mass is 32.2. The van der Waals surface area contributed by atoms with E-state index in [4.69, 9.17) is 14.5 Å². The van der Waals surface area contributed by atoms with Crippen LogP contribution in [0, 0.1) is 5.92 Å². The number of hydrogen-bond acceptors (Lipinski definition) is 8. The second-order valence-electron chi connectivity index (χ2n) is 9.23. The zero-order valence-corrected chi connectivity index (χ0v) is 21.1. The summed E-state index contributed by atoms with van der Waals surface area (Å²) in [5, 5.41) is 2.13. The number of thioether (sulfide) groups is 1. The molecule has 0 saturated heterocycles. The summed E-state index contributed by atoms with van der Waals surface area (Å²) in [6, 6.07) is 0. The van der Waals surface area contributed by atoms with E-state index in [0.717, 1.165) is 50.8 Å². The largest absolute Gasteiger partial charge is 0.466 e. The molecule has 6 nitrogen and oxygen atoms in total. The highest BCUT2D eigenvalue weighted by molar-refractivity contribution is 7.99. The molecule has 172 valence electrons. The fraction of sp³-hybridized carbons (Fsp3) is 0.583. The third-order valence-electron chi connectivity index (χ3n) is 5.55. The number of carbonyl (C=O) groups excluding carboxylic acids is 1. The van der Waals surface area contributed by atoms with E-state index in [0.29, 0.717) is 25.6 Å². The van der Waals surface area contributed by atoms with E-state index in [1.165, 1.54) is 16.5 Å². The van der Waals surface area contributed by atoms with E-state index in [1.54, 1.807) is 29.4 Å². The molecule has 0 bridgehead atoms. The van der Waals surface area contributed by atoms with E-state index < -0.39 is 0 Å². The van der Waals surface area contributed by atoms with Crippen molar-refractivity contribution in [3.05, 3.63) is 23.1 Å². The number of aromatic nitrogens is 3. The highest BCUT2D eigenvalue weighted by Crippen LogP contribution is 2.43. The van der Waals surface area contributed by atoms with E-state index in [-0.39, 0.29) is 11.6 Å². The van der Waals surface area contributed by atoms with Crippen LogP contribution in [0.2, 0.25) is 0 Å². The van der Waals surface area contributed by atoms with Gasteiger partial charge in [-0.15, -0.1) is 23.1 Å². The monoisotopic (exact) mass is 473 g/mol. The maximum absolute atomic E-state index is 11.6. The Morgan fingerprint density at radius 1 is 1.31 bits per heavy atom. The second-order valence-corrected chi connectivity index (χ2v) is 11.3. The molecule has 1 aliphatic rings. The molecule has 3 aromatic rings. The molecule has 1 aliphatic heterocycles. The van der Waals surface area contributed by atoms with Crippen molar-refractivity contribution in [2.75, 3.05) is 12.4 Å². The molecule has 0 N–H and O–H groups in total. The van der Waals surface area contributed by atoms with Gasteiger partial charge in [0, 0.05) is 35.2 Å². The molecular formula is C24H31N3O3S2. The smallest absolute Gasteiger partial charge is 0.305 e. The van der Waals surface area contributed by atoms with Crippen LogP contribution in [0.4, 0.5) is 0 Å². The van der Waals surface area contributed by atoms with Gasteiger partial charge in [0.15, 0.2) is 0 Å². The molecule has 4 heterocycles. The molecule has 0 spiro atoms. The fourth-order valence-electron chi connectivity index (χ4n) is 4.13. The first-order valence-electron chi connectivity index (χ1n) is 11.3.